The predicted molar refractivity (Wildman–Crippen MR) is 83.9 cm³/mol. The summed E-state index contributed by atoms with van der Waals surface area (Å²) in [6.07, 6.45) is 1.86. The summed E-state index contributed by atoms with van der Waals surface area (Å²) in [5.41, 5.74) is 3.76. The first kappa shape index (κ1) is 14.6. The van der Waals surface area contributed by atoms with E-state index >= 15 is 0 Å². The number of rotatable bonds is 6. The van der Waals surface area contributed by atoms with Crippen LogP contribution in [-0.4, -0.2) is 23.9 Å². The fourth-order valence-corrected chi connectivity index (χ4v) is 2.26. The Morgan fingerprint density at radius 1 is 1.20 bits per heavy atom. The summed E-state index contributed by atoms with van der Waals surface area (Å²) in [7, 11) is 4.11. The molecule has 20 heavy (non-hydrogen) atoms. The second kappa shape index (κ2) is 6.57. The van der Waals surface area contributed by atoms with Crippen LogP contribution in [0.3, 0.4) is 0 Å². The Morgan fingerprint density at radius 3 is 2.50 bits per heavy atom. The highest BCUT2D eigenvalue weighted by Gasteiger charge is 2.09. The van der Waals surface area contributed by atoms with E-state index < -0.39 is 0 Å². The topological polar surface area (TPSA) is 33.1 Å². The molecule has 4 heteroatoms. The molecule has 1 unspecified atom stereocenters. The summed E-state index contributed by atoms with van der Waals surface area (Å²) in [4.78, 5) is 2.11. The molecule has 1 aromatic heterocycles. The normalized spacial score (nSPS) is 12.4. The van der Waals surface area contributed by atoms with E-state index in [1.54, 1.807) is 0 Å². The van der Waals surface area contributed by atoms with Gasteiger partial charge in [0.2, 0.25) is 0 Å². The molecule has 0 radical (unpaired) electrons. The fraction of sp³-hybridized carbons (Fsp3) is 0.438. The summed E-state index contributed by atoms with van der Waals surface area (Å²) in [5, 5.41) is 7.86. The molecule has 0 saturated carbocycles. The molecular formula is C16H24N4. The van der Waals surface area contributed by atoms with Gasteiger partial charge in [-0.15, -0.1) is 0 Å². The van der Waals surface area contributed by atoms with Crippen molar-refractivity contribution in [3.63, 3.8) is 0 Å². The zero-order valence-electron chi connectivity index (χ0n) is 12.8. The van der Waals surface area contributed by atoms with E-state index in [0.717, 1.165) is 13.1 Å². The molecule has 1 aromatic carbocycles. The molecule has 2 rings (SSSR count). The lowest BCUT2D eigenvalue weighted by Crippen LogP contribution is -2.21. The third kappa shape index (κ3) is 3.39. The number of anilines is 1. The number of aryl methyl sites for hydroxylation is 1. The van der Waals surface area contributed by atoms with Crippen LogP contribution in [-0.2, 0) is 13.1 Å². The Balaban J connectivity index is 1.94. The number of benzene rings is 1. The largest absolute Gasteiger partial charge is 0.378 e. The first-order valence-electron chi connectivity index (χ1n) is 7.13. The van der Waals surface area contributed by atoms with Crippen molar-refractivity contribution >= 4 is 5.69 Å². The van der Waals surface area contributed by atoms with Crippen molar-refractivity contribution in [3.8, 4) is 0 Å². The van der Waals surface area contributed by atoms with Crippen LogP contribution in [0.1, 0.15) is 31.1 Å². The maximum atomic E-state index is 4.31. The van der Waals surface area contributed by atoms with E-state index in [1.165, 1.54) is 16.9 Å². The molecule has 2 aromatic rings. The third-order valence-electron chi connectivity index (χ3n) is 3.56. The van der Waals surface area contributed by atoms with E-state index in [9.17, 15) is 0 Å². The van der Waals surface area contributed by atoms with Gasteiger partial charge in [0.15, 0.2) is 0 Å². The number of nitrogens with one attached hydrogen (secondary N) is 1. The second-order valence-corrected chi connectivity index (χ2v) is 5.24. The van der Waals surface area contributed by atoms with E-state index in [1.807, 2.05) is 10.9 Å². The average molecular weight is 272 g/mol. The molecular weight excluding hydrogens is 248 g/mol. The Morgan fingerprint density at radius 2 is 1.90 bits per heavy atom. The molecule has 0 aliphatic rings. The van der Waals surface area contributed by atoms with Crippen LogP contribution in [0.4, 0.5) is 5.69 Å². The molecule has 0 aliphatic heterocycles. The van der Waals surface area contributed by atoms with Crippen LogP contribution in [0.2, 0.25) is 0 Å². The van der Waals surface area contributed by atoms with Gasteiger partial charge >= 0.3 is 0 Å². The van der Waals surface area contributed by atoms with Gasteiger partial charge in [0.1, 0.15) is 0 Å². The first-order valence-corrected chi connectivity index (χ1v) is 7.13. The maximum Gasteiger partial charge on any atom is 0.0550 e. The zero-order valence-corrected chi connectivity index (χ0v) is 12.8. The van der Waals surface area contributed by atoms with Gasteiger partial charge in [0.05, 0.1) is 5.69 Å². The Kier molecular flexibility index (Phi) is 4.79. The SMILES string of the molecule is CCn1nccc1C(C)NCc1ccc(N(C)C)cc1. The van der Waals surface area contributed by atoms with Crippen LogP contribution < -0.4 is 10.2 Å². The van der Waals surface area contributed by atoms with E-state index in [4.69, 9.17) is 0 Å². The summed E-state index contributed by atoms with van der Waals surface area (Å²) < 4.78 is 2.03. The number of nitrogens with zero attached hydrogens (tertiary/aromatic N) is 3. The minimum atomic E-state index is 0.297. The van der Waals surface area contributed by atoms with Crippen LogP contribution >= 0.6 is 0 Å². The molecule has 0 saturated heterocycles. The molecule has 1 N–H and O–H groups in total. The van der Waals surface area contributed by atoms with Gasteiger partial charge in [-0.1, -0.05) is 12.1 Å². The van der Waals surface area contributed by atoms with E-state index in [0.29, 0.717) is 6.04 Å². The molecule has 0 aliphatic carbocycles. The van der Waals surface area contributed by atoms with Gasteiger partial charge in [0, 0.05) is 45.1 Å². The van der Waals surface area contributed by atoms with Crippen molar-refractivity contribution in [2.75, 3.05) is 19.0 Å². The average Bonchev–Trinajstić information content (AvgIpc) is 2.93. The van der Waals surface area contributed by atoms with E-state index in [-0.39, 0.29) is 0 Å². The predicted octanol–water partition coefficient (Wildman–Crippen LogP) is 2.82. The maximum absolute atomic E-state index is 4.31. The number of hydrogen-bond donors (Lipinski definition) is 1. The van der Waals surface area contributed by atoms with E-state index in [2.05, 4.69) is 73.6 Å². The minimum Gasteiger partial charge on any atom is -0.378 e. The van der Waals surface area contributed by atoms with Crippen LogP contribution in [0, 0.1) is 0 Å². The second-order valence-electron chi connectivity index (χ2n) is 5.24. The Bertz CT molecular complexity index is 528. The molecule has 1 heterocycles. The van der Waals surface area contributed by atoms with Crippen LogP contribution in [0.5, 0.6) is 0 Å². The van der Waals surface area contributed by atoms with Gasteiger partial charge in [0.25, 0.3) is 0 Å². The standard InChI is InChI=1S/C16H24N4/c1-5-20-16(10-11-18-20)13(2)17-12-14-6-8-15(9-7-14)19(3)4/h6-11,13,17H,5,12H2,1-4H3. The monoisotopic (exact) mass is 272 g/mol. The minimum absolute atomic E-state index is 0.297. The highest BCUT2D eigenvalue weighted by Crippen LogP contribution is 2.15. The summed E-state index contributed by atoms with van der Waals surface area (Å²) >= 11 is 0. The summed E-state index contributed by atoms with van der Waals surface area (Å²) in [6, 6.07) is 11.0. The molecule has 0 fully saturated rings. The lowest BCUT2D eigenvalue weighted by atomic mass is 10.1. The lowest BCUT2D eigenvalue weighted by molar-refractivity contribution is 0.509. The van der Waals surface area contributed by atoms with Crippen molar-refractivity contribution in [1.82, 2.24) is 15.1 Å². The smallest absolute Gasteiger partial charge is 0.0550 e. The van der Waals surface area contributed by atoms with Crippen LogP contribution in [0.15, 0.2) is 36.5 Å². The summed E-state index contributed by atoms with van der Waals surface area (Å²) in [5.74, 6) is 0. The van der Waals surface area contributed by atoms with Crippen molar-refractivity contribution in [3.05, 3.63) is 47.8 Å². The first-order chi connectivity index (χ1) is 9.61. The Hall–Kier alpha value is -1.81. The van der Waals surface area contributed by atoms with Gasteiger partial charge in [-0.25, -0.2) is 0 Å². The van der Waals surface area contributed by atoms with Crippen molar-refractivity contribution in [1.29, 1.82) is 0 Å². The molecule has 1 atom stereocenters. The van der Waals surface area contributed by atoms with Crippen molar-refractivity contribution < 1.29 is 0 Å². The van der Waals surface area contributed by atoms with Gasteiger partial charge in [-0.05, 0) is 37.6 Å². The molecule has 108 valence electrons. The van der Waals surface area contributed by atoms with Gasteiger partial charge in [-0.2, -0.15) is 5.10 Å². The molecule has 4 nitrogen and oxygen atoms in total. The third-order valence-corrected chi connectivity index (χ3v) is 3.56. The number of hydrogen-bond acceptors (Lipinski definition) is 3. The number of aromatic nitrogens is 2. The molecule has 0 spiro atoms. The van der Waals surface area contributed by atoms with Gasteiger partial charge in [-0.3, -0.25) is 4.68 Å². The van der Waals surface area contributed by atoms with Gasteiger partial charge < -0.3 is 10.2 Å². The highest BCUT2D eigenvalue weighted by atomic mass is 15.3. The zero-order chi connectivity index (χ0) is 14.5. The summed E-state index contributed by atoms with van der Waals surface area (Å²) in [6.45, 7) is 6.07. The lowest BCUT2D eigenvalue weighted by Gasteiger charge is -2.16. The highest BCUT2D eigenvalue weighted by molar-refractivity contribution is 5.45. The fourth-order valence-electron chi connectivity index (χ4n) is 2.26. The Labute approximate surface area is 121 Å². The van der Waals surface area contributed by atoms with Crippen molar-refractivity contribution in [2.24, 2.45) is 0 Å². The van der Waals surface area contributed by atoms with Crippen LogP contribution in [0.25, 0.3) is 0 Å². The molecule has 0 amide bonds. The van der Waals surface area contributed by atoms with Crippen molar-refractivity contribution in [2.45, 2.75) is 33.0 Å². The molecule has 0 bridgehead atoms. The quantitative estimate of drug-likeness (QED) is 0.878.